The molecule has 22 heteroatoms. The number of aliphatic hydroxyl groups is 3. The van der Waals surface area contributed by atoms with Gasteiger partial charge in [-0.3, -0.25) is 0 Å². The van der Waals surface area contributed by atoms with Gasteiger partial charge in [0.25, 0.3) is 0 Å². The summed E-state index contributed by atoms with van der Waals surface area (Å²) in [6.07, 6.45) is -10.4. The van der Waals surface area contributed by atoms with Crippen LogP contribution in [-0.2, 0) is 33.2 Å². The van der Waals surface area contributed by atoms with Gasteiger partial charge in [0.2, 0.25) is 6.29 Å². The van der Waals surface area contributed by atoms with Gasteiger partial charge in [0.1, 0.15) is 58.6 Å². The fraction of sp³-hybridized carbons (Fsp3) is 0.806. The molecular formula is C36H65N9O13. The lowest BCUT2D eigenvalue weighted by Crippen LogP contribution is -2.70. The molecule has 3 amide bonds. The van der Waals surface area contributed by atoms with Gasteiger partial charge >= 0.3 is 18.3 Å². The number of carbonyl (C=O) groups is 3. The van der Waals surface area contributed by atoms with Crippen LogP contribution in [0.15, 0.2) is 21.8 Å². The summed E-state index contributed by atoms with van der Waals surface area (Å²) in [5, 5.41) is 40.8. The normalized spacial score (nSPS) is 31.7. The number of carbonyl (C=O) groups excluding carboxylic acids is 3. The number of alkyl carbamates (subject to hydrolysis) is 2. The topological polar surface area (TPSA) is 333 Å². The quantitative estimate of drug-likeness (QED) is 0.0765. The largest absolute Gasteiger partial charge is 0.465 e. The van der Waals surface area contributed by atoms with Crippen LogP contribution in [0.4, 0.5) is 14.4 Å². The van der Waals surface area contributed by atoms with Gasteiger partial charge in [-0.25, -0.2) is 24.4 Å². The SMILES string of the molecule is CN(C(=O)OC(C)(C)C)[C@@H]1[C@@H](O)[C@@H](O[C@@H]2[C@@H](O)[C@H](O[C@H]3OC(CN=C(N)N)=CC[C@H]3N=C(N)N)[C@@H](NC(=O)OC(C)(C)C)C[C@H]2NC(=O)OC(C)(C)C)OC[C@]1(C)O. The number of rotatable bonds is 10. The highest BCUT2D eigenvalue weighted by atomic mass is 16.7. The van der Waals surface area contributed by atoms with E-state index in [1.165, 1.54) is 14.0 Å². The van der Waals surface area contributed by atoms with Crippen LogP contribution >= 0.6 is 0 Å². The number of ether oxygens (including phenoxy) is 7. The predicted molar refractivity (Wildman–Crippen MR) is 209 cm³/mol. The van der Waals surface area contributed by atoms with Crippen molar-refractivity contribution in [3.8, 4) is 0 Å². The Bertz CT molecular complexity index is 1530. The molecule has 2 aliphatic heterocycles. The molecule has 1 aliphatic carbocycles. The molecule has 13 N–H and O–H groups in total. The Hall–Kier alpha value is -4.35. The molecule has 0 aromatic carbocycles. The van der Waals surface area contributed by atoms with Gasteiger partial charge < -0.3 is 86.9 Å². The first kappa shape index (κ1) is 48.0. The second kappa shape index (κ2) is 18.7. The Morgan fingerprint density at radius 2 is 1.34 bits per heavy atom. The molecule has 3 aliphatic rings. The summed E-state index contributed by atoms with van der Waals surface area (Å²) in [5.41, 5.74) is 18.0. The maximum Gasteiger partial charge on any atom is 0.410 e. The summed E-state index contributed by atoms with van der Waals surface area (Å²) in [7, 11) is 1.34. The van der Waals surface area contributed by atoms with Gasteiger partial charge in [0, 0.05) is 7.05 Å². The van der Waals surface area contributed by atoms with Crippen LogP contribution in [0.5, 0.6) is 0 Å². The summed E-state index contributed by atoms with van der Waals surface area (Å²) >= 11 is 0. The van der Waals surface area contributed by atoms with E-state index in [0.29, 0.717) is 0 Å². The van der Waals surface area contributed by atoms with E-state index in [9.17, 15) is 29.7 Å². The van der Waals surface area contributed by atoms with Crippen molar-refractivity contribution >= 4 is 30.2 Å². The molecule has 1 saturated heterocycles. The number of nitrogens with zero attached hydrogens (tertiary/aromatic N) is 3. The van der Waals surface area contributed by atoms with Crippen LogP contribution in [-0.4, -0.2) is 154 Å². The van der Waals surface area contributed by atoms with Crippen LogP contribution in [0.3, 0.4) is 0 Å². The molecule has 2 heterocycles. The van der Waals surface area contributed by atoms with Gasteiger partial charge in [0.05, 0.1) is 31.3 Å². The number of aliphatic imine (C=N–C) groups is 2. The van der Waals surface area contributed by atoms with Crippen molar-refractivity contribution in [3.05, 3.63) is 11.8 Å². The zero-order valence-corrected chi connectivity index (χ0v) is 35.3. The highest BCUT2D eigenvalue weighted by Crippen LogP contribution is 2.35. The van der Waals surface area contributed by atoms with Crippen LogP contribution in [0, 0.1) is 0 Å². The maximum atomic E-state index is 13.3. The first-order valence-corrected chi connectivity index (χ1v) is 18.9. The minimum absolute atomic E-state index is 0.0727. The molecular weight excluding hydrogens is 766 g/mol. The number of nitrogens with one attached hydrogen (secondary N) is 2. The second-order valence-electron chi connectivity index (χ2n) is 17.8. The summed E-state index contributed by atoms with van der Waals surface area (Å²) in [4.78, 5) is 48.9. The van der Waals surface area contributed by atoms with Crippen LogP contribution in [0.2, 0.25) is 0 Å². The van der Waals surface area contributed by atoms with Crippen molar-refractivity contribution < 1.29 is 62.9 Å². The zero-order chi connectivity index (χ0) is 44.1. The highest BCUT2D eigenvalue weighted by molar-refractivity contribution is 5.76. The number of hydrogen-bond donors (Lipinski definition) is 9. The van der Waals surface area contributed by atoms with Crippen LogP contribution < -0.4 is 33.6 Å². The van der Waals surface area contributed by atoms with E-state index in [4.69, 9.17) is 56.1 Å². The molecule has 1 saturated carbocycles. The molecule has 22 nitrogen and oxygen atoms in total. The van der Waals surface area contributed by atoms with E-state index in [1.54, 1.807) is 68.4 Å². The number of hydrogen-bond acceptors (Lipinski definition) is 15. The standard InChI is InChI=1S/C36H65N9O13/c1-33(2,3)56-30(48)43-19-14-20(44-31(49)57-34(4,5)6)24(55-27-22(47)25(36(10,51)16-52-27)45(11)32(50)58-35(7,8)9)21(46)23(19)54-26-18(42-29(39)40)13-12-17(53-26)15-41-28(37)38/h12,18-27,46-47,51H,13-16H2,1-11H3,(H,43,48)(H,44,49)(H4,37,38,41)(H4,39,40,42)/t18-,19+,20-,21+,22-,23-,24+,25-,26-,27-,36+/m1/s1. The molecule has 0 bridgehead atoms. The molecule has 0 spiro atoms. The molecule has 0 aromatic heterocycles. The van der Waals surface area contributed by atoms with E-state index >= 15 is 0 Å². The van der Waals surface area contributed by atoms with Crippen molar-refractivity contribution in [3.63, 3.8) is 0 Å². The van der Waals surface area contributed by atoms with Crippen molar-refractivity contribution in [1.82, 2.24) is 15.5 Å². The van der Waals surface area contributed by atoms with Crippen LogP contribution in [0.1, 0.15) is 82.1 Å². The first-order valence-electron chi connectivity index (χ1n) is 18.9. The molecule has 3 rings (SSSR count). The predicted octanol–water partition coefficient (Wildman–Crippen LogP) is -0.443. The number of nitrogens with two attached hydrogens (primary N) is 4. The monoisotopic (exact) mass is 831 g/mol. The Morgan fingerprint density at radius 3 is 1.81 bits per heavy atom. The van der Waals surface area contributed by atoms with Gasteiger partial charge in [-0.05, 0) is 88.2 Å². The fourth-order valence-electron chi connectivity index (χ4n) is 6.56. The molecule has 0 unspecified atom stereocenters. The fourth-order valence-corrected chi connectivity index (χ4v) is 6.56. The van der Waals surface area contributed by atoms with Gasteiger partial charge in [0.15, 0.2) is 18.2 Å². The third-order valence-corrected chi connectivity index (χ3v) is 8.74. The van der Waals surface area contributed by atoms with Crippen molar-refractivity contribution in [1.29, 1.82) is 0 Å². The minimum Gasteiger partial charge on any atom is -0.465 e. The number of guanidine groups is 2. The average Bonchev–Trinajstić information content (AvgIpc) is 3.02. The Kier molecular flexibility index (Phi) is 15.5. The third-order valence-electron chi connectivity index (χ3n) is 8.74. The van der Waals surface area contributed by atoms with Gasteiger partial charge in [-0.1, -0.05) is 0 Å². The summed E-state index contributed by atoms with van der Waals surface area (Å²) in [5.74, 6) is -0.205. The lowest BCUT2D eigenvalue weighted by atomic mass is 9.83. The van der Waals surface area contributed by atoms with E-state index in [-0.39, 0.29) is 37.1 Å². The Labute approximate surface area is 338 Å². The van der Waals surface area contributed by atoms with Crippen molar-refractivity contribution in [2.75, 3.05) is 20.2 Å². The van der Waals surface area contributed by atoms with E-state index < -0.39 is 108 Å². The number of aliphatic hydroxyl groups excluding tert-OH is 2. The molecule has 332 valence electrons. The average molecular weight is 832 g/mol. The lowest BCUT2D eigenvalue weighted by molar-refractivity contribution is -0.311. The van der Waals surface area contributed by atoms with E-state index in [1.807, 2.05) is 0 Å². The summed E-state index contributed by atoms with van der Waals surface area (Å²) < 4.78 is 41.2. The zero-order valence-electron chi connectivity index (χ0n) is 35.3. The van der Waals surface area contributed by atoms with E-state index in [0.717, 1.165) is 4.90 Å². The lowest BCUT2D eigenvalue weighted by Gasteiger charge is -2.50. The van der Waals surface area contributed by atoms with E-state index in [2.05, 4.69) is 20.6 Å². The molecule has 0 radical (unpaired) electrons. The third kappa shape index (κ3) is 14.2. The Morgan fingerprint density at radius 1 is 0.845 bits per heavy atom. The smallest absolute Gasteiger partial charge is 0.410 e. The highest BCUT2D eigenvalue weighted by Gasteiger charge is 2.55. The van der Waals surface area contributed by atoms with Crippen molar-refractivity contribution in [2.45, 2.75) is 166 Å². The Balaban J connectivity index is 2.09. The van der Waals surface area contributed by atoms with Crippen molar-refractivity contribution in [2.24, 2.45) is 32.9 Å². The maximum absolute atomic E-state index is 13.3. The number of amides is 3. The number of likely N-dealkylation sites (N-methyl/N-ethyl adjacent to an activating group) is 1. The summed E-state index contributed by atoms with van der Waals surface area (Å²) in [6, 6.07) is -4.53. The van der Waals surface area contributed by atoms with Gasteiger partial charge in [-0.15, -0.1) is 0 Å². The molecule has 58 heavy (non-hydrogen) atoms. The molecule has 0 aromatic rings. The summed E-state index contributed by atoms with van der Waals surface area (Å²) in [6.45, 7) is 15.8. The second-order valence-corrected chi connectivity index (χ2v) is 17.8. The molecule has 2 fully saturated rings. The van der Waals surface area contributed by atoms with Gasteiger partial charge in [-0.2, -0.15) is 0 Å². The minimum atomic E-state index is -1.80. The first-order chi connectivity index (χ1) is 26.5. The molecule has 11 atom stereocenters. The van der Waals surface area contributed by atoms with Crippen LogP contribution in [0.25, 0.3) is 0 Å².